The van der Waals surface area contributed by atoms with Crippen molar-refractivity contribution in [2.45, 2.75) is 25.8 Å². The first-order valence-corrected chi connectivity index (χ1v) is 6.58. The van der Waals surface area contributed by atoms with E-state index in [9.17, 15) is 4.79 Å². The van der Waals surface area contributed by atoms with Crippen LogP contribution in [0.4, 0.5) is 5.69 Å². The molecule has 5 nitrogen and oxygen atoms in total. The fourth-order valence-corrected chi connectivity index (χ4v) is 2.31. The van der Waals surface area contributed by atoms with Crippen LogP contribution in [0.2, 0.25) is 0 Å². The molecule has 0 bridgehead atoms. The molecule has 1 heterocycles. The summed E-state index contributed by atoms with van der Waals surface area (Å²) in [5, 5.41) is 9.02. The van der Waals surface area contributed by atoms with Crippen LogP contribution >= 0.6 is 0 Å². The van der Waals surface area contributed by atoms with E-state index < -0.39 is 5.97 Å². The summed E-state index contributed by atoms with van der Waals surface area (Å²) in [7, 11) is 1.68. The second-order valence-corrected chi connectivity index (χ2v) is 4.97. The minimum Gasteiger partial charge on any atom is -0.477 e. The first-order valence-electron chi connectivity index (χ1n) is 6.58. The number of methoxy groups -OCH3 is 1. The van der Waals surface area contributed by atoms with Gasteiger partial charge in [0, 0.05) is 31.6 Å². The van der Waals surface area contributed by atoms with Crippen molar-refractivity contribution in [3.05, 3.63) is 24.0 Å². The standard InChI is InChI=1S/C14H20N2O3/c1-10(11-3-4-11)16(7-8-19-2)12-5-6-15-13(9-12)14(17)18/h5-6,9-11H,3-4,7-8H2,1-2H3,(H,17,18). The molecule has 1 aliphatic rings. The van der Waals surface area contributed by atoms with Crippen molar-refractivity contribution in [3.63, 3.8) is 0 Å². The molecule has 1 N–H and O–H groups in total. The van der Waals surface area contributed by atoms with Gasteiger partial charge in [0.1, 0.15) is 5.69 Å². The van der Waals surface area contributed by atoms with Gasteiger partial charge in [-0.1, -0.05) is 0 Å². The number of aromatic carboxylic acids is 1. The first kappa shape index (κ1) is 13.8. The third-order valence-electron chi connectivity index (χ3n) is 3.63. The highest BCUT2D eigenvalue weighted by molar-refractivity contribution is 5.86. The third kappa shape index (κ3) is 3.44. The Morgan fingerprint density at radius 2 is 2.37 bits per heavy atom. The van der Waals surface area contributed by atoms with Crippen LogP contribution in [0.25, 0.3) is 0 Å². The van der Waals surface area contributed by atoms with Gasteiger partial charge in [-0.05, 0) is 37.8 Å². The van der Waals surface area contributed by atoms with Crippen LogP contribution in [-0.2, 0) is 4.74 Å². The fraction of sp³-hybridized carbons (Fsp3) is 0.571. The maximum atomic E-state index is 11.0. The highest BCUT2D eigenvalue weighted by Gasteiger charge is 2.32. The van der Waals surface area contributed by atoms with E-state index in [0.717, 1.165) is 12.2 Å². The lowest BCUT2D eigenvalue weighted by Crippen LogP contribution is -2.37. The van der Waals surface area contributed by atoms with Crippen LogP contribution in [0.5, 0.6) is 0 Å². The molecular weight excluding hydrogens is 244 g/mol. The number of carboxylic acids is 1. The van der Waals surface area contributed by atoms with E-state index in [-0.39, 0.29) is 5.69 Å². The van der Waals surface area contributed by atoms with Crippen LogP contribution in [0.15, 0.2) is 18.3 Å². The molecule has 1 aliphatic carbocycles. The largest absolute Gasteiger partial charge is 0.477 e. The topological polar surface area (TPSA) is 62.7 Å². The van der Waals surface area contributed by atoms with Gasteiger partial charge in [0.2, 0.25) is 0 Å². The van der Waals surface area contributed by atoms with Gasteiger partial charge in [0.05, 0.1) is 6.61 Å². The highest BCUT2D eigenvalue weighted by atomic mass is 16.5. The number of nitrogens with zero attached hydrogens (tertiary/aromatic N) is 2. The van der Waals surface area contributed by atoms with Crippen LogP contribution in [0, 0.1) is 5.92 Å². The minimum atomic E-state index is -0.993. The van der Waals surface area contributed by atoms with Gasteiger partial charge >= 0.3 is 5.97 Å². The molecule has 19 heavy (non-hydrogen) atoms. The van der Waals surface area contributed by atoms with Crippen molar-refractivity contribution in [1.29, 1.82) is 0 Å². The summed E-state index contributed by atoms with van der Waals surface area (Å²) in [4.78, 5) is 17.1. The number of hydrogen-bond donors (Lipinski definition) is 1. The molecule has 1 aromatic heterocycles. The maximum absolute atomic E-state index is 11.0. The van der Waals surface area contributed by atoms with E-state index in [2.05, 4.69) is 16.8 Å². The van der Waals surface area contributed by atoms with Gasteiger partial charge in [-0.3, -0.25) is 0 Å². The number of anilines is 1. The van der Waals surface area contributed by atoms with Gasteiger partial charge in [-0.25, -0.2) is 9.78 Å². The Hall–Kier alpha value is -1.62. The summed E-state index contributed by atoms with van der Waals surface area (Å²) in [5.74, 6) is -0.286. The summed E-state index contributed by atoms with van der Waals surface area (Å²) >= 11 is 0. The molecule has 1 unspecified atom stereocenters. The summed E-state index contributed by atoms with van der Waals surface area (Å²) in [5.41, 5.74) is 0.992. The molecule has 1 fully saturated rings. The number of ether oxygens (including phenoxy) is 1. The smallest absolute Gasteiger partial charge is 0.354 e. The van der Waals surface area contributed by atoms with Crippen LogP contribution in [0.1, 0.15) is 30.3 Å². The summed E-state index contributed by atoms with van der Waals surface area (Å²) < 4.78 is 5.15. The molecule has 0 radical (unpaired) electrons. The third-order valence-corrected chi connectivity index (χ3v) is 3.63. The zero-order valence-electron chi connectivity index (χ0n) is 11.4. The van der Waals surface area contributed by atoms with E-state index in [1.54, 1.807) is 19.4 Å². The first-order chi connectivity index (χ1) is 9.13. The number of carboxylic acid groups (broad SMARTS) is 1. The van der Waals surface area contributed by atoms with Crippen LogP contribution in [-0.4, -0.2) is 42.4 Å². The molecule has 1 atom stereocenters. The van der Waals surface area contributed by atoms with Crippen LogP contribution in [0.3, 0.4) is 0 Å². The van der Waals surface area contributed by atoms with Gasteiger partial charge < -0.3 is 14.7 Å². The van der Waals surface area contributed by atoms with E-state index in [1.807, 2.05) is 6.07 Å². The van der Waals surface area contributed by atoms with E-state index >= 15 is 0 Å². The highest BCUT2D eigenvalue weighted by Crippen LogP contribution is 2.36. The number of carbonyl (C=O) groups is 1. The van der Waals surface area contributed by atoms with Gasteiger partial charge in [0.25, 0.3) is 0 Å². The zero-order valence-corrected chi connectivity index (χ0v) is 11.4. The van der Waals surface area contributed by atoms with Crippen molar-refractivity contribution < 1.29 is 14.6 Å². The molecule has 0 aliphatic heterocycles. The molecule has 5 heteroatoms. The predicted molar refractivity (Wildman–Crippen MR) is 72.6 cm³/mol. The molecule has 0 amide bonds. The Kier molecular flexibility index (Phi) is 4.37. The molecule has 0 spiro atoms. The number of aromatic nitrogens is 1. The maximum Gasteiger partial charge on any atom is 0.354 e. The van der Waals surface area contributed by atoms with Gasteiger partial charge in [-0.2, -0.15) is 0 Å². The lowest BCUT2D eigenvalue weighted by atomic mass is 10.1. The summed E-state index contributed by atoms with van der Waals surface area (Å²) in [6.07, 6.45) is 4.06. The monoisotopic (exact) mass is 264 g/mol. The Morgan fingerprint density at radius 3 is 2.95 bits per heavy atom. The van der Waals surface area contributed by atoms with Crippen LogP contribution < -0.4 is 4.90 Å². The van der Waals surface area contributed by atoms with E-state index in [0.29, 0.717) is 18.6 Å². The molecule has 104 valence electrons. The number of rotatable bonds is 7. The average molecular weight is 264 g/mol. The molecule has 1 aromatic rings. The quantitative estimate of drug-likeness (QED) is 0.816. The Morgan fingerprint density at radius 1 is 1.63 bits per heavy atom. The van der Waals surface area contributed by atoms with E-state index in [4.69, 9.17) is 9.84 Å². The van der Waals surface area contributed by atoms with Gasteiger partial charge in [-0.15, -0.1) is 0 Å². The van der Waals surface area contributed by atoms with Crippen molar-refractivity contribution in [1.82, 2.24) is 4.98 Å². The van der Waals surface area contributed by atoms with Crippen molar-refractivity contribution in [2.75, 3.05) is 25.2 Å². The lowest BCUT2D eigenvalue weighted by molar-refractivity contribution is 0.0690. The summed E-state index contributed by atoms with van der Waals surface area (Å²) in [6.45, 7) is 3.58. The fourth-order valence-electron chi connectivity index (χ4n) is 2.31. The molecule has 2 rings (SSSR count). The predicted octanol–water partition coefficient (Wildman–Crippen LogP) is 2.03. The molecular formula is C14H20N2O3. The second-order valence-electron chi connectivity index (χ2n) is 4.97. The SMILES string of the molecule is COCCN(c1ccnc(C(=O)O)c1)C(C)C1CC1. The van der Waals surface area contributed by atoms with Crippen molar-refractivity contribution in [2.24, 2.45) is 5.92 Å². The zero-order chi connectivity index (χ0) is 13.8. The van der Waals surface area contributed by atoms with Crippen molar-refractivity contribution in [3.8, 4) is 0 Å². The average Bonchev–Trinajstić information content (AvgIpc) is 3.23. The molecule has 0 aromatic carbocycles. The lowest BCUT2D eigenvalue weighted by Gasteiger charge is -2.31. The molecule has 1 saturated carbocycles. The number of pyridine rings is 1. The second kappa shape index (κ2) is 6.02. The van der Waals surface area contributed by atoms with Gasteiger partial charge in [0.15, 0.2) is 0 Å². The normalized spacial score (nSPS) is 16.1. The molecule has 0 saturated heterocycles. The Labute approximate surface area is 113 Å². The van der Waals surface area contributed by atoms with E-state index in [1.165, 1.54) is 12.8 Å². The minimum absolute atomic E-state index is 0.0860. The summed E-state index contributed by atoms with van der Waals surface area (Å²) in [6, 6.07) is 3.90. The Bertz CT molecular complexity index is 446. The van der Waals surface area contributed by atoms with Crippen molar-refractivity contribution >= 4 is 11.7 Å². The number of hydrogen-bond acceptors (Lipinski definition) is 4. The Balaban J connectivity index is 2.20.